The molecule has 0 spiro atoms. The van der Waals surface area contributed by atoms with Gasteiger partial charge in [-0.05, 0) is 35.9 Å². The van der Waals surface area contributed by atoms with Crippen molar-refractivity contribution in [1.82, 2.24) is 19.5 Å². The molecule has 5 heteroatoms. The summed E-state index contributed by atoms with van der Waals surface area (Å²) in [5, 5.41) is 4.53. The number of furan rings is 1. The molecule has 50 heavy (non-hydrogen) atoms. The lowest BCUT2D eigenvalue weighted by Crippen LogP contribution is -2.00. The first-order chi connectivity index (χ1) is 24.8. The lowest BCUT2D eigenvalue weighted by molar-refractivity contribution is 0.672. The quantitative estimate of drug-likeness (QED) is 0.188. The van der Waals surface area contributed by atoms with E-state index in [0.717, 1.165) is 71.9 Å². The molecule has 0 saturated heterocycles. The molecule has 0 radical (unpaired) electrons. The van der Waals surface area contributed by atoms with Crippen LogP contribution in [0.25, 0.3) is 94.7 Å². The molecule has 0 amide bonds. The van der Waals surface area contributed by atoms with Crippen molar-refractivity contribution in [2.75, 3.05) is 0 Å². The number of rotatable bonds is 5. The Labute approximate surface area is 287 Å². The first-order valence-electron chi connectivity index (χ1n) is 16.7. The fourth-order valence-corrected chi connectivity index (χ4v) is 7.14. The molecular formula is C45H28N4O. The molecule has 0 saturated carbocycles. The van der Waals surface area contributed by atoms with Gasteiger partial charge in [0.05, 0.1) is 11.0 Å². The molecule has 0 aliphatic heterocycles. The molecule has 5 nitrogen and oxygen atoms in total. The van der Waals surface area contributed by atoms with E-state index in [4.69, 9.17) is 19.4 Å². The Morgan fingerprint density at radius 2 is 0.900 bits per heavy atom. The normalized spacial score (nSPS) is 11.6. The standard InChI is InChI=1S/C45H28N4O/c1-4-14-29(15-5-1)43-46-44(30-16-6-2-7-17-30)48-45(47-43)32-19-12-18-31(28-32)34-23-13-24-37-38-27-26-36-35-22-10-11-25-39(35)49(33-20-8-3-9-21-33)40(36)42(38)50-41(34)37/h1-28H. The SMILES string of the molecule is c1ccc(-c2nc(-c3ccccc3)nc(-c3cccc(-c4cccc5c4oc4c5ccc5c6ccccc6n(-c6ccccc6)c54)c3)n2)cc1. The molecule has 0 atom stereocenters. The number of hydrogen-bond acceptors (Lipinski definition) is 4. The van der Waals surface area contributed by atoms with Gasteiger partial charge in [0.2, 0.25) is 0 Å². The molecule has 0 fully saturated rings. The summed E-state index contributed by atoms with van der Waals surface area (Å²) in [6, 6.07) is 58.4. The molecule has 0 N–H and O–H groups in total. The van der Waals surface area contributed by atoms with Crippen molar-refractivity contribution in [3.05, 3.63) is 170 Å². The van der Waals surface area contributed by atoms with Crippen LogP contribution in [0, 0.1) is 0 Å². The van der Waals surface area contributed by atoms with Crippen LogP contribution in [0.4, 0.5) is 0 Å². The Hall–Kier alpha value is -6.85. The van der Waals surface area contributed by atoms with Crippen molar-refractivity contribution >= 4 is 43.7 Å². The van der Waals surface area contributed by atoms with Crippen LogP contribution in [0.3, 0.4) is 0 Å². The highest BCUT2D eigenvalue weighted by Gasteiger charge is 2.21. The van der Waals surface area contributed by atoms with Gasteiger partial charge in [-0.25, -0.2) is 15.0 Å². The van der Waals surface area contributed by atoms with Gasteiger partial charge in [-0.1, -0.05) is 140 Å². The zero-order valence-corrected chi connectivity index (χ0v) is 26.9. The van der Waals surface area contributed by atoms with E-state index in [1.54, 1.807) is 0 Å². The first-order valence-corrected chi connectivity index (χ1v) is 16.7. The summed E-state index contributed by atoms with van der Waals surface area (Å²) in [6.45, 7) is 0. The minimum atomic E-state index is 0.616. The van der Waals surface area contributed by atoms with Crippen molar-refractivity contribution in [3.63, 3.8) is 0 Å². The van der Waals surface area contributed by atoms with Gasteiger partial charge < -0.3 is 8.98 Å². The van der Waals surface area contributed by atoms with Gasteiger partial charge in [0.15, 0.2) is 23.1 Å². The summed E-state index contributed by atoms with van der Waals surface area (Å²) >= 11 is 0. The maximum absolute atomic E-state index is 6.98. The van der Waals surface area contributed by atoms with Gasteiger partial charge in [-0.15, -0.1) is 0 Å². The van der Waals surface area contributed by atoms with Crippen molar-refractivity contribution < 1.29 is 4.42 Å². The minimum Gasteiger partial charge on any atom is -0.453 e. The first kappa shape index (κ1) is 28.2. The van der Waals surface area contributed by atoms with E-state index in [2.05, 4.69) is 114 Å². The molecule has 10 aromatic rings. The number of aromatic nitrogens is 4. The van der Waals surface area contributed by atoms with Crippen LogP contribution in [-0.4, -0.2) is 19.5 Å². The van der Waals surface area contributed by atoms with Crippen LogP contribution in [0.5, 0.6) is 0 Å². The van der Waals surface area contributed by atoms with Gasteiger partial charge in [-0.3, -0.25) is 0 Å². The maximum atomic E-state index is 6.98. The summed E-state index contributed by atoms with van der Waals surface area (Å²) in [5.74, 6) is 1.89. The van der Waals surface area contributed by atoms with Gasteiger partial charge in [0.25, 0.3) is 0 Å². The van der Waals surface area contributed by atoms with E-state index in [0.29, 0.717) is 17.5 Å². The average molecular weight is 641 g/mol. The summed E-state index contributed by atoms with van der Waals surface area (Å²) in [5.41, 5.74) is 9.86. The number of benzene rings is 7. The van der Waals surface area contributed by atoms with E-state index < -0.39 is 0 Å². The third-order valence-corrected chi connectivity index (χ3v) is 9.45. The van der Waals surface area contributed by atoms with E-state index in [1.165, 1.54) is 5.39 Å². The van der Waals surface area contributed by atoms with E-state index in [-0.39, 0.29) is 0 Å². The monoisotopic (exact) mass is 640 g/mol. The largest absolute Gasteiger partial charge is 0.453 e. The number of nitrogens with zero attached hydrogens (tertiary/aromatic N) is 4. The maximum Gasteiger partial charge on any atom is 0.164 e. The second kappa shape index (κ2) is 11.4. The molecule has 0 aliphatic rings. The fourth-order valence-electron chi connectivity index (χ4n) is 7.14. The minimum absolute atomic E-state index is 0.616. The molecule has 0 aliphatic carbocycles. The van der Waals surface area contributed by atoms with Crippen LogP contribution >= 0.6 is 0 Å². The summed E-state index contributed by atoms with van der Waals surface area (Å²) in [4.78, 5) is 14.8. The molecule has 10 rings (SSSR count). The van der Waals surface area contributed by atoms with Crippen LogP contribution in [0.2, 0.25) is 0 Å². The average Bonchev–Trinajstić information content (AvgIpc) is 3.75. The topological polar surface area (TPSA) is 56.7 Å². The van der Waals surface area contributed by atoms with Crippen LogP contribution in [0.15, 0.2) is 174 Å². The zero-order chi connectivity index (χ0) is 33.0. The third-order valence-electron chi connectivity index (χ3n) is 9.45. The predicted molar refractivity (Wildman–Crippen MR) is 203 cm³/mol. The summed E-state index contributed by atoms with van der Waals surface area (Å²) in [7, 11) is 0. The lowest BCUT2D eigenvalue weighted by atomic mass is 10.00. The zero-order valence-electron chi connectivity index (χ0n) is 26.9. The Balaban J connectivity index is 1.17. The van der Waals surface area contributed by atoms with Crippen LogP contribution in [-0.2, 0) is 0 Å². The molecular weight excluding hydrogens is 613 g/mol. The highest BCUT2D eigenvalue weighted by molar-refractivity contribution is 6.22. The molecule has 234 valence electrons. The molecule has 0 unspecified atom stereocenters. The highest BCUT2D eigenvalue weighted by atomic mass is 16.3. The van der Waals surface area contributed by atoms with Gasteiger partial charge >= 0.3 is 0 Å². The lowest BCUT2D eigenvalue weighted by Gasteiger charge is -2.10. The molecule has 3 aromatic heterocycles. The van der Waals surface area contributed by atoms with Gasteiger partial charge in [0, 0.05) is 49.5 Å². The van der Waals surface area contributed by atoms with E-state index in [1.807, 2.05) is 60.7 Å². The number of para-hydroxylation sites is 3. The van der Waals surface area contributed by atoms with E-state index in [9.17, 15) is 0 Å². The Morgan fingerprint density at radius 3 is 1.62 bits per heavy atom. The highest BCUT2D eigenvalue weighted by Crippen LogP contribution is 2.42. The van der Waals surface area contributed by atoms with Crippen molar-refractivity contribution in [3.8, 4) is 51.0 Å². The van der Waals surface area contributed by atoms with Crippen LogP contribution < -0.4 is 0 Å². The molecule has 3 heterocycles. The second-order valence-corrected chi connectivity index (χ2v) is 12.4. The summed E-state index contributed by atoms with van der Waals surface area (Å²) < 4.78 is 9.30. The summed E-state index contributed by atoms with van der Waals surface area (Å²) in [6.07, 6.45) is 0. The smallest absolute Gasteiger partial charge is 0.164 e. The second-order valence-electron chi connectivity index (χ2n) is 12.4. The number of hydrogen-bond donors (Lipinski definition) is 0. The van der Waals surface area contributed by atoms with Crippen molar-refractivity contribution in [2.24, 2.45) is 0 Å². The third kappa shape index (κ3) is 4.52. The number of fused-ring (bicyclic) bond motifs is 7. The predicted octanol–water partition coefficient (Wildman–Crippen LogP) is 11.5. The Bertz CT molecular complexity index is 2800. The Kier molecular flexibility index (Phi) is 6.42. The van der Waals surface area contributed by atoms with Crippen molar-refractivity contribution in [2.45, 2.75) is 0 Å². The Morgan fingerprint density at radius 1 is 0.380 bits per heavy atom. The molecule has 7 aromatic carbocycles. The van der Waals surface area contributed by atoms with Crippen LogP contribution in [0.1, 0.15) is 0 Å². The van der Waals surface area contributed by atoms with Gasteiger partial charge in [-0.2, -0.15) is 0 Å². The fraction of sp³-hybridized carbons (Fsp3) is 0. The molecule has 0 bridgehead atoms. The van der Waals surface area contributed by atoms with Gasteiger partial charge in [0.1, 0.15) is 5.58 Å². The van der Waals surface area contributed by atoms with Crippen molar-refractivity contribution in [1.29, 1.82) is 0 Å². The van der Waals surface area contributed by atoms with E-state index >= 15 is 0 Å².